The first-order valence-corrected chi connectivity index (χ1v) is 28.2. The summed E-state index contributed by atoms with van der Waals surface area (Å²) in [4.78, 5) is 23.2. The summed E-state index contributed by atoms with van der Waals surface area (Å²) in [5, 5.41) is 13.9. The largest absolute Gasteiger partial charge is 0.472 e. The third-order valence-electron chi connectivity index (χ3n) is 11.7. The molecule has 8 nitrogen and oxygen atoms in total. The summed E-state index contributed by atoms with van der Waals surface area (Å²) in [6, 6.07) is -0.879. The summed E-state index contributed by atoms with van der Waals surface area (Å²) in [5.41, 5.74) is 0. The minimum Gasteiger partial charge on any atom is -0.387 e. The number of nitrogens with one attached hydrogen (secondary N) is 1. The lowest BCUT2D eigenvalue weighted by molar-refractivity contribution is -0.870. The third kappa shape index (κ3) is 48.1. The van der Waals surface area contributed by atoms with Crippen LogP contribution in [-0.4, -0.2) is 73.4 Å². The van der Waals surface area contributed by atoms with Gasteiger partial charge in [-0.05, 0) is 77.0 Å². The van der Waals surface area contributed by atoms with Gasteiger partial charge in [0.15, 0.2) is 0 Å². The lowest BCUT2D eigenvalue weighted by Crippen LogP contribution is -2.45. The van der Waals surface area contributed by atoms with Crippen molar-refractivity contribution >= 4 is 13.7 Å². The maximum Gasteiger partial charge on any atom is 0.472 e. The molecule has 0 aromatic heterocycles. The van der Waals surface area contributed by atoms with E-state index in [0.29, 0.717) is 17.4 Å². The van der Waals surface area contributed by atoms with Crippen molar-refractivity contribution in [2.45, 2.75) is 244 Å². The second-order valence-corrected chi connectivity index (χ2v) is 20.7. The molecule has 0 saturated carbocycles. The first-order valence-electron chi connectivity index (χ1n) is 26.7. The molecule has 0 rings (SSSR count). The summed E-state index contributed by atoms with van der Waals surface area (Å²) in [5.74, 6) is -0.206. The van der Waals surface area contributed by atoms with Gasteiger partial charge in [0.1, 0.15) is 13.2 Å². The highest BCUT2D eigenvalue weighted by Gasteiger charge is 2.27. The predicted octanol–water partition coefficient (Wildman–Crippen LogP) is 15.8. The molecule has 3 atom stereocenters. The van der Waals surface area contributed by atoms with Crippen molar-refractivity contribution in [2.75, 3.05) is 40.9 Å². The Bertz CT molecular complexity index is 1230. The van der Waals surface area contributed by atoms with Crippen LogP contribution in [0.3, 0.4) is 0 Å². The Morgan fingerprint density at radius 2 is 0.906 bits per heavy atom. The molecule has 1 amide bonds. The summed E-state index contributed by atoms with van der Waals surface area (Å²) >= 11 is 0. The monoisotopic (exact) mass is 920 g/mol. The normalized spacial score (nSPS) is 14.5. The number of rotatable bonds is 48. The molecule has 0 aliphatic carbocycles. The van der Waals surface area contributed by atoms with Crippen molar-refractivity contribution in [1.82, 2.24) is 5.32 Å². The lowest BCUT2D eigenvalue weighted by Gasteiger charge is -2.25. The van der Waals surface area contributed by atoms with Crippen LogP contribution in [0, 0.1) is 0 Å². The Morgan fingerprint density at radius 3 is 1.38 bits per heavy atom. The van der Waals surface area contributed by atoms with Gasteiger partial charge in [0.25, 0.3) is 0 Å². The second kappa shape index (κ2) is 46.3. The van der Waals surface area contributed by atoms with Crippen LogP contribution in [0.25, 0.3) is 0 Å². The highest BCUT2D eigenvalue weighted by Crippen LogP contribution is 2.43. The molecular weight excluding hydrogens is 816 g/mol. The van der Waals surface area contributed by atoms with E-state index < -0.39 is 20.0 Å². The maximum atomic E-state index is 12.9. The number of likely N-dealkylation sites (N-methyl/N-ethyl adjacent to an activating group) is 1. The number of allylic oxidation sites excluding steroid dienone is 9. The number of carbonyl (C=O) groups is 1. The number of unbranched alkanes of at least 4 members (excludes halogenated alkanes) is 27. The standard InChI is InChI=1S/C55H103N2O6P/c1-6-8-10-12-14-16-18-20-22-23-24-25-26-27-28-29-30-31-32-33-35-36-38-40-42-44-46-48-54(58)53(52-63-64(60,61)62-51-50-57(3,4)5)56-55(59)49-47-45-43-41-39-37-34-21-19-17-15-13-11-9-7-2/h15,17,21,32-34,38,40,46,48,53-54,58H,6-14,16,18-20,22-31,35-37,39,41-45,47,49-52H2,1-5H3,(H-,56,59,60,61)/p+1/b17-15-,33-32+,34-21-,40-38+,48-46+. The van der Waals surface area contributed by atoms with Gasteiger partial charge in [-0.1, -0.05) is 209 Å². The highest BCUT2D eigenvalue weighted by molar-refractivity contribution is 7.47. The number of carbonyl (C=O) groups excluding carboxylic acids is 1. The maximum absolute atomic E-state index is 12.9. The van der Waals surface area contributed by atoms with Gasteiger partial charge in [-0.3, -0.25) is 13.8 Å². The van der Waals surface area contributed by atoms with Crippen LogP contribution in [0.15, 0.2) is 60.8 Å². The second-order valence-electron chi connectivity index (χ2n) is 19.2. The molecule has 9 heteroatoms. The van der Waals surface area contributed by atoms with E-state index in [9.17, 15) is 19.4 Å². The van der Waals surface area contributed by atoms with E-state index in [-0.39, 0.29) is 19.1 Å². The van der Waals surface area contributed by atoms with Gasteiger partial charge in [-0.25, -0.2) is 4.57 Å². The zero-order valence-electron chi connectivity index (χ0n) is 42.5. The summed E-state index contributed by atoms with van der Waals surface area (Å²) in [6.45, 7) is 4.75. The number of phosphoric ester groups is 1. The Kier molecular flexibility index (Phi) is 45.0. The van der Waals surface area contributed by atoms with E-state index in [1.54, 1.807) is 6.08 Å². The molecule has 374 valence electrons. The quantitative estimate of drug-likeness (QED) is 0.0243. The predicted molar refractivity (Wildman–Crippen MR) is 277 cm³/mol. The fraction of sp³-hybridized carbons (Fsp3) is 0.800. The molecule has 0 bridgehead atoms. The molecule has 3 N–H and O–H groups in total. The molecule has 0 aromatic carbocycles. The minimum absolute atomic E-state index is 0.0486. The van der Waals surface area contributed by atoms with Crippen molar-refractivity contribution in [1.29, 1.82) is 0 Å². The molecule has 64 heavy (non-hydrogen) atoms. The SMILES string of the molecule is CCCCC/C=C\C/C=C\CCCCCCCC(=O)NC(COP(=O)(O)OCC[N+](C)(C)C)C(O)/C=C/CC/C=C/CC/C=C/CCCCCCCCCCCCCCCCCCC. The van der Waals surface area contributed by atoms with Gasteiger partial charge < -0.3 is 19.8 Å². The molecular formula is C55H104N2O6P+. The summed E-state index contributed by atoms with van der Waals surface area (Å²) in [6.07, 6.45) is 61.8. The first-order chi connectivity index (χ1) is 31.0. The highest BCUT2D eigenvalue weighted by atomic mass is 31.2. The van der Waals surface area contributed by atoms with Crippen LogP contribution in [-0.2, 0) is 18.4 Å². The number of aliphatic hydroxyl groups excluding tert-OH is 1. The van der Waals surface area contributed by atoms with E-state index in [2.05, 4.69) is 67.8 Å². The van der Waals surface area contributed by atoms with Gasteiger partial charge in [0.05, 0.1) is 39.9 Å². The molecule has 0 heterocycles. The van der Waals surface area contributed by atoms with Crippen LogP contribution in [0.2, 0.25) is 0 Å². The minimum atomic E-state index is -4.36. The topological polar surface area (TPSA) is 105 Å². The van der Waals surface area contributed by atoms with Gasteiger partial charge in [0, 0.05) is 6.42 Å². The number of amides is 1. The third-order valence-corrected chi connectivity index (χ3v) is 12.7. The van der Waals surface area contributed by atoms with E-state index >= 15 is 0 Å². The number of hydrogen-bond donors (Lipinski definition) is 3. The Balaban J connectivity index is 4.32. The van der Waals surface area contributed by atoms with Crippen LogP contribution < -0.4 is 5.32 Å². The molecule has 0 aliphatic heterocycles. The van der Waals surface area contributed by atoms with Gasteiger partial charge in [-0.15, -0.1) is 0 Å². The van der Waals surface area contributed by atoms with Crippen LogP contribution in [0.1, 0.15) is 232 Å². The molecule has 0 radical (unpaired) electrons. The van der Waals surface area contributed by atoms with E-state index in [4.69, 9.17) is 9.05 Å². The number of quaternary nitrogens is 1. The number of phosphoric acid groups is 1. The van der Waals surface area contributed by atoms with Crippen molar-refractivity contribution < 1.29 is 32.9 Å². The molecule has 0 aromatic rings. The molecule has 0 fully saturated rings. The van der Waals surface area contributed by atoms with Crippen molar-refractivity contribution in [3.63, 3.8) is 0 Å². The van der Waals surface area contributed by atoms with Gasteiger partial charge in [0.2, 0.25) is 5.91 Å². The van der Waals surface area contributed by atoms with Crippen molar-refractivity contribution in [3.8, 4) is 0 Å². The van der Waals surface area contributed by atoms with Crippen LogP contribution >= 0.6 is 7.82 Å². The molecule has 3 unspecified atom stereocenters. The van der Waals surface area contributed by atoms with E-state index in [0.717, 1.165) is 70.6 Å². The summed E-state index contributed by atoms with van der Waals surface area (Å²) in [7, 11) is 1.53. The molecule has 0 aliphatic rings. The lowest BCUT2D eigenvalue weighted by atomic mass is 10.0. The Morgan fingerprint density at radius 1 is 0.531 bits per heavy atom. The first kappa shape index (κ1) is 62.2. The zero-order chi connectivity index (χ0) is 47.1. The zero-order valence-corrected chi connectivity index (χ0v) is 43.4. The fourth-order valence-corrected chi connectivity index (χ4v) is 8.19. The summed E-state index contributed by atoms with van der Waals surface area (Å²) < 4.78 is 23.6. The fourth-order valence-electron chi connectivity index (χ4n) is 7.46. The van der Waals surface area contributed by atoms with Crippen molar-refractivity contribution in [3.05, 3.63) is 60.8 Å². The average Bonchev–Trinajstić information content (AvgIpc) is 3.25. The number of hydrogen-bond acceptors (Lipinski definition) is 5. The smallest absolute Gasteiger partial charge is 0.387 e. The van der Waals surface area contributed by atoms with Crippen LogP contribution in [0.5, 0.6) is 0 Å². The van der Waals surface area contributed by atoms with E-state index in [1.165, 1.54) is 141 Å². The Hall–Kier alpha value is -1.80. The van der Waals surface area contributed by atoms with Crippen LogP contribution in [0.4, 0.5) is 0 Å². The molecule has 0 spiro atoms. The number of nitrogens with zero attached hydrogens (tertiary/aromatic N) is 1. The number of aliphatic hydroxyl groups is 1. The molecule has 0 saturated heterocycles. The van der Waals surface area contributed by atoms with E-state index in [1.807, 2.05) is 27.2 Å². The van der Waals surface area contributed by atoms with Gasteiger partial charge >= 0.3 is 7.82 Å². The van der Waals surface area contributed by atoms with Gasteiger partial charge in [-0.2, -0.15) is 0 Å². The van der Waals surface area contributed by atoms with Crippen molar-refractivity contribution in [2.24, 2.45) is 0 Å². The average molecular weight is 920 g/mol. The Labute approximate surface area is 396 Å².